The van der Waals surface area contributed by atoms with Gasteiger partial charge in [0, 0.05) is 32.0 Å². The number of amides is 4. The van der Waals surface area contributed by atoms with Crippen LogP contribution in [0, 0.1) is 0 Å². The predicted octanol–water partition coefficient (Wildman–Crippen LogP) is -1.29. The smallest absolute Gasteiger partial charge is 0.355 e. The summed E-state index contributed by atoms with van der Waals surface area (Å²) in [4.78, 5) is 90.4. The summed E-state index contributed by atoms with van der Waals surface area (Å²) >= 11 is 0. The summed E-state index contributed by atoms with van der Waals surface area (Å²) in [6.45, 7) is 0.746. The molecule has 1 fully saturated rings. The first-order chi connectivity index (χ1) is 18.5. The van der Waals surface area contributed by atoms with Crippen molar-refractivity contribution in [3.63, 3.8) is 0 Å². The fourth-order valence-corrected chi connectivity index (χ4v) is 3.81. The molecule has 0 bridgehead atoms. The molecule has 6 atom stereocenters. The van der Waals surface area contributed by atoms with Crippen LogP contribution in [0.25, 0.3) is 0 Å². The molecular weight excluding hydrogens is 575 g/mol. The van der Waals surface area contributed by atoms with Crippen molar-refractivity contribution in [2.45, 2.75) is 75.9 Å². The highest BCUT2D eigenvalue weighted by Gasteiger charge is 2.36. The van der Waals surface area contributed by atoms with E-state index in [4.69, 9.17) is 10.6 Å². The zero-order chi connectivity index (χ0) is 29.4. The Labute approximate surface area is 232 Å². The van der Waals surface area contributed by atoms with Crippen LogP contribution in [0.4, 0.5) is 0 Å². The van der Waals surface area contributed by atoms with Crippen molar-refractivity contribution in [3.05, 3.63) is 0 Å². The summed E-state index contributed by atoms with van der Waals surface area (Å²) in [6.07, 6.45) is 1.12. The highest BCUT2D eigenvalue weighted by molar-refractivity contribution is 7.16. The van der Waals surface area contributed by atoms with E-state index in [1.54, 1.807) is 18.9 Å². The minimum atomic E-state index is -1.51. The van der Waals surface area contributed by atoms with Crippen molar-refractivity contribution in [1.82, 2.24) is 21.0 Å². The molecule has 0 aliphatic carbocycles. The lowest BCUT2D eigenvalue weighted by Crippen LogP contribution is -2.55. The first kappa shape index (κ1) is 34.7. The molecule has 1 aliphatic rings. The first-order valence-corrected chi connectivity index (χ1v) is 13.9. The SMILES string of the molecule is N[C@@H](CCCCNCP)C(=O)NC(CCC(=O)OP)C(=O)NC(CCC(=O)OP)C(=O)ON1C(=O)CCC1=O. The molecule has 18 heteroatoms. The third-order valence-corrected chi connectivity index (χ3v) is 6.37. The Kier molecular flexibility index (Phi) is 16.8. The highest BCUT2D eigenvalue weighted by atomic mass is 31.0. The third kappa shape index (κ3) is 13.1. The molecule has 1 saturated heterocycles. The molecule has 1 heterocycles. The number of nitrogens with zero attached hydrogens (tertiary/aromatic N) is 1. The number of nitrogens with two attached hydrogens (primary N) is 1. The first-order valence-electron chi connectivity index (χ1n) is 12.2. The van der Waals surface area contributed by atoms with Gasteiger partial charge >= 0.3 is 17.9 Å². The van der Waals surface area contributed by atoms with Gasteiger partial charge in [0.2, 0.25) is 11.8 Å². The van der Waals surface area contributed by atoms with Gasteiger partial charge in [-0.3, -0.25) is 28.8 Å². The molecule has 39 heavy (non-hydrogen) atoms. The summed E-state index contributed by atoms with van der Waals surface area (Å²) in [5.41, 5.74) is 5.97. The van der Waals surface area contributed by atoms with Crippen LogP contribution in [0.2, 0.25) is 0 Å². The summed E-state index contributed by atoms with van der Waals surface area (Å²) in [7, 11) is 6.06. The number of unbranched alkanes of at least 4 members (excludes halogenated alkanes) is 1. The number of rotatable bonds is 18. The molecule has 0 saturated carbocycles. The number of hydrogen-bond acceptors (Lipinski definition) is 12. The van der Waals surface area contributed by atoms with Crippen LogP contribution < -0.4 is 21.7 Å². The van der Waals surface area contributed by atoms with Gasteiger partial charge in [-0.2, -0.15) is 0 Å². The van der Waals surface area contributed by atoms with Crippen LogP contribution >= 0.6 is 28.2 Å². The molecule has 0 radical (unpaired) electrons. The molecule has 0 aromatic heterocycles. The number of hydrogen-bond donors (Lipinski definition) is 4. The molecule has 15 nitrogen and oxygen atoms in total. The summed E-state index contributed by atoms with van der Waals surface area (Å²) in [5.74, 6) is -5.60. The predicted molar refractivity (Wildman–Crippen MR) is 146 cm³/mol. The van der Waals surface area contributed by atoms with E-state index in [0.717, 1.165) is 19.3 Å². The van der Waals surface area contributed by atoms with E-state index in [0.29, 0.717) is 17.9 Å². The van der Waals surface area contributed by atoms with Gasteiger partial charge in [-0.15, -0.1) is 14.3 Å². The number of imide groups is 1. The van der Waals surface area contributed by atoms with E-state index < -0.39 is 59.7 Å². The molecule has 1 aliphatic heterocycles. The minimum absolute atomic E-state index is 0.142. The zero-order valence-electron chi connectivity index (χ0n) is 21.3. The lowest BCUT2D eigenvalue weighted by atomic mass is 10.1. The number of carbonyl (C=O) groups is 7. The van der Waals surface area contributed by atoms with E-state index in [2.05, 4.69) is 34.2 Å². The van der Waals surface area contributed by atoms with E-state index in [1.165, 1.54) is 0 Å². The molecule has 5 N–H and O–H groups in total. The Balaban J connectivity index is 2.95. The Morgan fingerprint density at radius 1 is 0.846 bits per heavy atom. The maximum atomic E-state index is 13.1. The molecule has 4 amide bonds. The number of nitrogens with one attached hydrogen (secondary N) is 3. The Hall–Kier alpha value is -2.30. The normalized spacial score (nSPS) is 15.2. The number of carbonyl (C=O) groups excluding carboxylic acids is 7. The van der Waals surface area contributed by atoms with Crippen LogP contribution in [0.5, 0.6) is 0 Å². The van der Waals surface area contributed by atoms with Crippen molar-refractivity contribution in [3.8, 4) is 0 Å². The molecule has 5 unspecified atom stereocenters. The van der Waals surface area contributed by atoms with Crippen molar-refractivity contribution in [1.29, 1.82) is 0 Å². The van der Waals surface area contributed by atoms with Crippen molar-refractivity contribution in [2.24, 2.45) is 5.73 Å². The van der Waals surface area contributed by atoms with Gasteiger partial charge in [0.05, 0.1) is 25.0 Å². The van der Waals surface area contributed by atoms with Crippen molar-refractivity contribution in [2.75, 3.05) is 12.8 Å². The van der Waals surface area contributed by atoms with Crippen LogP contribution in [0.1, 0.15) is 57.8 Å². The number of hydroxylamine groups is 2. The Morgan fingerprint density at radius 2 is 1.38 bits per heavy atom. The summed E-state index contributed by atoms with van der Waals surface area (Å²) in [6, 6.07) is -3.76. The highest BCUT2D eigenvalue weighted by Crippen LogP contribution is 2.14. The average molecular weight is 611 g/mol. The Morgan fingerprint density at radius 3 is 1.92 bits per heavy atom. The largest absolute Gasteiger partial charge is 0.452 e. The quantitative estimate of drug-likeness (QED) is 0.0810. The fourth-order valence-electron chi connectivity index (χ4n) is 3.37. The molecule has 220 valence electrons. The molecule has 0 aromatic rings. The maximum absolute atomic E-state index is 13.1. The van der Waals surface area contributed by atoms with E-state index in [-0.39, 0.29) is 38.5 Å². The van der Waals surface area contributed by atoms with Gasteiger partial charge in [0.1, 0.15) is 12.1 Å². The third-order valence-electron chi connectivity index (χ3n) is 5.56. The average Bonchev–Trinajstić information content (AvgIpc) is 3.23. The van der Waals surface area contributed by atoms with Gasteiger partial charge in [-0.1, -0.05) is 6.42 Å². The second kappa shape index (κ2) is 18.9. The van der Waals surface area contributed by atoms with Gasteiger partial charge in [-0.05, 0) is 32.2 Å². The van der Waals surface area contributed by atoms with Gasteiger partial charge in [0.15, 0.2) is 0 Å². The van der Waals surface area contributed by atoms with E-state index in [1.807, 2.05) is 0 Å². The molecule has 0 spiro atoms. The second-order valence-corrected chi connectivity index (χ2v) is 9.36. The Bertz CT molecular complexity index is 894. The molecule has 0 aromatic carbocycles. The lowest BCUT2D eigenvalue weighted by Gasteiger charge is -2.24. The molecule has 1 rings (SSSR count). The van der Waals surface area contributed by atoms with Crippen molar-refractivity contribution >= 4 is 69.7 Å². The maximum Gasteiger partial charge on any atom is 0.355 e. The summed E-state index contributed by atoms with van der Waals surface area (Å²) in [5, 5.41) is 8.26. The lowest BCUT2D eigenvalue weighted by molar-refractivity contribution is -0.199. The van der Waals surface area contributed by atoms with Gasteiger partial charge in [-0.25, -0.2) is 4.79 Å². The minimum Gasteiger partial charge on any atom is -0.452 e. The standard InChI is InChI=1S/C21H36N5O10P3/c22-12(3-1-2-10-23-11-37)19(31)24-13(4-8-17(29)35-38)20(32)25-14(5-9-18(30)36-39)21(33)34-26-15(27)6-7-16(26)28/h12-14,23H,1-11,22,37-39H2,(H,24,31)(H,25,32)/t12-,13?,14?/m0/s1. The van der Waals surface area contributed by atoms with Crippen molar-refractivity contribution < 1.29 is 47.4 Å². The fraction of sp³-hybridized carbons (Fsp3) is 0.667. The van der Waals surface area contributed by atoms with Crippen LogP contribution in [-0.2, 0) is 47.4 Å². The van der Waals surface area contributed by atoms with Gasteiger partial charge in [0.25, 0.3) is 11.8 Å². The van der Waals surface area contributed by atoms with E-state index in [9.17, 15) is 33.6 Å². The monoisotopic (exact) mass is 611 g/mol. The topological polar surface area (TPSA) is 213 Å². The second-order valence-electron chi connectivity index (χ2n) is 8.48. The van der Waals surface area contributed by atoms with Gasteiger partial charge < -0.3 is 35.6 Å². The van der Waals surface area contributed by atoms with E-state index >= 15 is 0 Å². The van der Waals surface area contributed by atoms with Crippen LogP contribution in [0.3, 0.4) is 0 Å². The van der Waals surface area contributed by atoms with Crippen LogP contribution in [0.15, 0.2) is 0 Å². The molecular formula is C21H36N5O10P3. The van der Waals surface area contributed by atoms with Crippen LogP contribution in [-0.4, -0.2) is 77.6 Å². The zero-order valence-corrected chi connectivity index (χ0v) is 24.8. The summed E-state index contributed by atoms with van der Waals surface area (Å²) < 4.78 is 8.99.